The number of thiophene rings is 1. The van der Waals surface area contributed by atoms with Crippen molar-refractivity contribution in [2.45, 2.75) is 45.3 Å². The molecular formula is C20H31N7OS. The molecule has 0 saturated carbocycles. The predicted molar refractivity (Wildman–Crippen MR) is 115 cm³/mol. The van der Waals surface area contributed by atoms with Gasteiger partial charge in [0.15, 0.2) is 11.8 Å². The lowest BCUT2D eigenvalue weighted by Crippen LogP contribution is -2.46. The second-order valence-electron chi connectivity index (χ2n) is 7.40. The molecule has 0 bridgehead atoms. The van der Waals surface area contributed by atoms with Gasteiger partial charge in [0.05, 0.1) is 19.3 Å². The number of guanidine groups is 1. The van der Waals surface area contributed by atoms with Gasteiger partial charge in [0, 0.05) is 44.0 Å². The smallest absolute Gasteiger partial charge is 0.191 e. The molecule has 0 aromatic carbocycles. The Kier molecular flexibility index (Phi) is 7.13. The minimum Gasteiger partial charge on any atom is -0.379 e. The molecule has 0 amide bonds. The zero-order chi connectivity index (χ0) is 19.9. The highest BCUT2D eigenvalue weighted by atomic mass is 32.1. The maximum absolute atomic E-state index is 5.55. The number of hydrogen-bond acceptors (Lipinski definition) is 6. The van der Waals surface area contributed by atoms with E-state index in [1.807, 2.05) is 11.3 Å². The molecule has 1 fully saturated rings. The second-order valence-corrected chi connectivity index (χ2v) is 8.38. The zero-order valence-electron chi connectivity index (χ0n) is 17.1. The van der Waals surface area contributed by atoms with Gasteiger partial charge < -0.3 is 19.9 Å². The van der Waals surface area contributed by atoms with Crippen molar-refractivity contribution >= 4 is 17.3 Å². The van der Waals surface area contributed by atoms with Crippen LogP contribution in [0.4, 0.5) is 0 Å². The van der Waals surface area contributed by atoms with Crippen molar-refractivity contribution < 1.29 is 4.74 Å². The lowest BCUT2D eigenvalue weighted by atomic mass is 10.2. The first kappa shape index (κ1) is 20.3. The molecule has 2 N–H and O–H groups in total. The molecular weight excluding hydrogens is 386 g/mol. The van der Waals surface area contributed by atoms with Crippen LogP contribution in [-0.2, 0) is 24.2 Å². The van der Waals surface area contributed by atoms with Gasteiger partial charge in [0.2, 0.25) is 0 Å². The molecule has 2 aliphatic heterocycles. The number of rotatable bonds is 7. The molecule has 4 rings (SSSR count). The monoisotopic (exact) mass is 417 g/mol. The van der Waals surface area contributed by atoms with Crippen LogP contribution in [0, 0.1) is 0 Å². The third kappa shape index (κ3) is 5.15. The molecule has 1 unspecified atom stereocenters. The summed E-state index contributed by atoms with van der Waals surface area (Å²) in [5.74, 6) is 2.89. The number of nitrogens with zero attached hydrogens (tertiary/aromatic N) is 5. The number of nitrogens with one attached hydrogen (secondary N) is 2. The Morgan fingerprint density at radius 1 is 1.24 bits per heavy atom. The van der Waals surface area contributed by atoms with Crippen LogP contribution < -0.4 is 10.6 Å². The fourth-order valence-electron chi connectivity index (χ4n) is 3.95. The lowest BCUT2D eigenvalue weighted by molar-refractivity contribution is 0.0177. The number of aryl methyl sites for hydroxylation is 1. The number of hydrogen-bond donors (Lipinski definition) is 2. The summed E-state index contributed by atoms with van der Waals surface area (Å²) in [4.78, 5) is 8.67. The van der Waals surface area contributed by atoms with Gasteiger partial charge in [-0.25, -0.2) is 4.99 Å². The van der Waals surface area contributed by atoms with Gasteiger partial charge in [-0.1, -0.05) is 6.07 Å². The summed E-state index contributed by atoms with van der Waals surface area (Å²) >= 11 is 1.81. The van der Waals surface area contributed by atoms with Crippen molar-refractivity contribution in [1.82, 2.24) is 30.3 Å². The first-order valence-electron chi connectivity index (χ1n) is 10.6. The molecule has 29 heavy (non-hydrogen) atoms. The SMILES string of the molecule is CCNC(=NCc1nnc2n1CCCC2)NCC(c1cccs1)N1CCOCC1. The minimum atomic E-state index is 0.323. The molecule has 8 nitrogen and oxygen atoms in total. The number of aromatic nitrogens is 3. The minimum absolute atomic E-state index is 0.323. The predicted octanol–water partition coefficient (Wildman–Crippen LogP) is 1.80. The normalized spacial score (nSPS) is 19.0. The lowest BCUT2D eigenvalue weighted by Gasteiger charge is -2.34. The van der Waals surface area contributed by atoms with Crippen LogP contribution in [0.5, 0.6) is 0 Å². The van der Waals surface area contributed by atoms with E-state index in [0.717, 1.165) is 70.0 Å². The van der Waals surface area contributed by atoms with Crippen molar-refractivity contribution in [3.8, 4) is 0 Å². The van der Waals surface area contributed by atoms with E-state index in [4.69, 9.17) is 9.73 Å². The van der Waals surface area contributed by atoms with E-state index in [9.17, 15) is 0 Å². The largest absolute Gasteiger partial charge is 0.379 e. The van der Waals surface area contributed by atoms with E-state index in [-0.39, 0.29) is 0 Å². The van der Waals surface area contributed by atoms with Crippen molar-refractivity contribution in [1.29, 1.82) is 0 Å². The van der Waals surface area contributed by atoms with Crippen molar-refractivity contribution in [3.05, 3.63) is 34.0 Å². The maximum atomic E-state index is 5.55. The Balaban J connectivity index is 1.42. The van der Waals surface area contributed by atoms with E-state index in [1.165, 1.54) is 17.7 Å². The molecule has 1 saturated heterocycles. The van der Waals surface area contributed by atoms with Crippen LogP contribution in [-0.4, -0.2) is 65.0 Å². The second kappa shape index (κ2) is 10.2. The molecule has 4 heterocycles. The standard InChI is InChI=1S/C20H31N7OS/c1-2-21-20(23-15-19-25-24-18-7-3-4-8-27(18)19)22-14-16(17-6-5-13-29-17)26-9-11-28-12-10-26/h5-6,13,16H,2-4,7-12,14-15H2,1H3,(H2,21,22,23). The average molecular weight is 418 g/mol. The molecule has 0 radical (unpaired) electrons. The molecule has 2 aromatic heterocycles. The van der Waals surface area contributed by atoms with Gasteiger partial charge in [-0.2, -0.15) is 0 Å². The van der Waals surface area contributed by atoms with Gasteiger partial charge in [0.25, 0.3) is 0 Å². The Morgan fingerprint density at radius 3 is 2.93 bits per heavy atom. The first-order chi connectivity index (χ1) is 14.3. The molecule has 158 valence electrons. The Labute approximate surface area is 176 Å². The van der Waals surface area contributed by atoms with E-state index in [2.05, 4.69) is 54.7 Å². The van der Waals surface area contributed by atoms with Crippen molar-refractivity contribution in [3.63, 3.8) is 0 Å². The van der Waals surface area contributed by atoms with Crippen LogP contribution in [0.25, 0.3) is 0 Å². The van der Waals surface area contributed by atoms with E-state index >= 15 is 0 Å². The number of aliphatic imine (C=N–C) groups is 1. The molecule has 2 aliphatic rings. The van der Waals surface area contributed by atoms with E-state index in [0.29, 0.717) is 12.6 Å². The summed E-state index contributed by atoms with van der Waals surface area (Å²) < 4.78 is 7.78. The highest BCUT2D eigenvalue weighted by molar-refractivity contribution is 7.10. The first-order valence-corrected chi connectivity index (χ1v) is 11.5. The average Bonchev–Trinajstić information content (AvgIpc) is 3.43. The Morgan fingerprint density at radius 2 is 2.14 bits per heavy atom. The summed E-state index contributed by atoms with van der Waals surface area (Å²) in [6, 6.07) is 4.67. The topological polar surface area (TPSA) is 79.6 Å². The van der Waals surface area contributed by atoms with Crippen LogP contribution in [0.2, 0.25) is 0 Å². The number of fused-ring (bicyclic) bond motifs is 1. The van der Waals surface area contributed by atoms with Crippen molar-refractivity contribution in [2.75, 3.05) is 39.4 Å². The molecule has 9 heteroatoms. The maximum Gasteiger partial charge on any atom is 0.191 e. The van der Waals surface area contributed by atoms with Crippen LogP contribution >= 0.6 is 11.3 Å². The van der Waals surface area contributed by atoms with Gasteiger partial charge in [-0.3, -0.25) is 4.90 Å². The molecule has 2 aromatic rings. The summed E-state index contributed by atoms with van der Waals surface area (Å²) in [7, 11) is 0. The van der Waals surface area contributed by atoms with Crippen molar-refractivity contribution in [2.24, 2.45) is 4.99 Å². The Hall–Kier alpha value is -1.97. The summed E-state index contributed by atoms with van der Waals surface area (Å²) in [6.45, 7) is 8.80. The zero-order valence-corrected chi connectivity index (χ0v) is 18.0. The quantitative estimate of drug-likeness (QED) is 0.528. The number of morpholine rings is 1. The van der Waals surface area contributed by atoms with Crippen LogP contribution in [0.3, 0.4) is 0 Å². The highest BCUT2D eigenvalue weighted by Gasteiger charge is 2.23. The van der Waals surface area contributed by atoms with Crippen LogP contribution in [0.15, 0.2) is 22.5 Å². The molecule has 0 spiro atoms. The highest BCUT2D eigenvalue weighted by Crippen LogP contribution is 2.25. The van der Waals surface area contributed by atoms with Gasteiger partial charge in [-0.15, -0.1) is 21.5 Å². The fraction of sp³-hybridized carbons (Fsp3) is 0.650. The van der Waals surface area contributed by atoms with E-state index in [1.54, 1.807) is 0 Å². The van der Waals surface area contributed by atoms with Gasteiger partial charge in [0.1, 0.15) is 12.4 Å². The molecule has 1 atom stereocenters. The van der Waals surface area contributed by atoms with Gasteiger partial charge >= 0.3 is 0 Å². The Bertz CT molecular complexity index is 783. The summed E-state index contributed by atoms with van der Waals surface area (Å²) in [5, 5.41) is 17.8. The van der Waals surface area contributed by atoms with Crippen LogP contribution in [0.1, 0.15) is 42.3 Å². The molecule has 0 aliphatic carbocycles. The summed E-state index contributed by atoms with van der Waals surface area (Å²) in [5.41, 5.74) is 0. The summed E-state index contributed by atoms with van der Waals surface area (Å²) in [6.07, 6.45) is 3.43. The number of ether oxygens (including phenoxy) is 1. The van der Waals surface area contributed by atoms with E-state index < -0.39 is 0 Å². The fourth-order valence-corrected chi connectivity index (χ4v) is 4.81. The third-order valence-corrected chi connectivity index (χ3v) is 6.45. The van der Waals surface area contributed by atoms with Gasteiger partial charge in [-0.05, 0) is 31.2 Å². The third-order valence-electron chi connectivity index (χ3n) is 5.48.